The highest BCUT2D eigenvalue weighted by molar-refractivity contribution is 7.89. The SMILES string of the molecule is Cc1ccc(S(=O)(=O)N2C=C[C@@H]3[C@H](C2)[C@H]3c2ccc([N+](=O)[O-])cc2)cc1. The Labute approximate surface area is 152 Å². The summed E-state index contributed by atoms with van der Waals surface area (Å²) in [6.45, 7) is 2.35. The summed E-state index contributed by atoms with van der Waals surface area (Å²) in [5, 5.41) is 10.8. The first-order valence-corrected chi connectivity index (χ1v) is 9.83. The fourth-order valence-electron chi connectivity index (χ4n) is 3.67. The van der Waals surface area contributed by atoms with E-state index in [4.69, 9.17) is 0 Å². The van der Waals surface area contributed by atoms with Crippen molar-refractivity contribution in [3.63, 3.8) is 0 Å². The molecule has 2 aliphatic rings. The zero-order valence-electron chi connectivity index (χ0n) is 14.1. The van der Waals surface area contributed by atoms with Crippen molar-refractivity contribution in [2.45, 2.75) is 17.7 Å². The molecule has 7 heteroatoms. The van der Waals surface area contributed by atoms with Crippen molar-refractivity contribution < 1.29 is 13.3 Å². The molecule has 1 aliphatic carbocycles. The van der Waals surface area contributed by atoms with Crippen LogP contribution in [0.3, 0.4) is 0 Å². The maximum Gasteiger partial charge on any atom is 0.269 e. The number of sulfonamides is 1. The highest BCUT2D eigenvalue weighted by Gasteiger charge is 2.52. The van der Waals surface area contributed by atoms with Gasteiger partial charge in [-0.2, -0.15) is 0 Å². The lowest BCUT2D eigenvalue weighted by Gasteiger charge is -2.23. The van der Waals surface area contributed by atoms with E-state index in [1.807, 2.05) is 13.0 Å². The number of benzene rings is 2. The Bertz CT molecular complexity index is 981. The van der Waals surface area contributed by atoms with Gasteiger partial charge < -0.3 is 0 Å². The standard InChI is InChI=1S/C19H18N2O4S/c1-13-2-8-16(9-3-13)26(24,25)20-11-10-17-18(12-20)19(17)14-4-6-15(7-5-14)21(22)23/h2-11,17-19H,12H2,1H3/t17-,18+,19+/m1/s1. The summed E-state index contributed by atoms with van der Waals surface area (Å²) in [5.74, 6) is 0.716. The molecule has 0 unspecified atom stereocenters. The summed E-state index contributed by atoms with van der Waals surface area (Å²) in [4.78, 5) is 10.7. The number of fused-ring (bicyclic) bond motifs is 1. The Hall–Kier alpha value is -2.67. The lowest BCUT2D eigenvalue weighted by atomic mass is 10.1. The molecule has 2 aromatic carbocycles. The molecule has 0 N–H and O–H groups in total. The maximum atomic E-state index is 12.8. The lowest BCUT2D eigenvalue weighted by Crippen LogP contribution is -2.30. The molecule has 0 amide bonds. The molecule has 0 spiro atoms. The number of nitrogens with zero attached hydrogens (tertiary/aromatic N) is 2. The molecule has 26 heavy (non-hydrogen) atoms. The number of non-ortho nitro benzene ring substituents is 1. The van der Waals surface area contributed by atoms with Crippen LogP contribution in [0.4, 0.5) is 5.69 Å². The van der Waals surface area contributed by atoms with Crippen LogP contribution in [0.5, 0.6) is 0 Å². The van der Waals surface area contributed by atoms with Crippen molar-refractivity contribution in [2.75, 3.05) is 6.54 Å². The van der Waals surface area contributed by atoms with Crippen molar-refractivity contribution in [1.82, 2.24) is 4.31 Å². The van der Waals surface area contributed by atoms with E-state index in [0.717, 1.165) is 11.1 Å². The average Bonchev–Trinajstić information content (AvgIpc) is 3.35. The fraction of sp³-hybridized carbons (Fsp3) is 0.263. The molecular formula is C19H18N2O4S. The summed E-state index contributed by atoms with van der Waals surface area (Å²) in [5.41, 5.74) is 2.10. The first-order valence-electron chi connectivity index (χ1n) is 8.39. The lowest BCUT2D eigenvalue weighted by molar-refractivity contribution is -0.384. The molecule has 6 nitrogen and oxygen atoms in total. The van der Waals surface area contributed by atoms with E-state index >= 15 is 0 Å². The van der Waals surface area contributed by atoms with Crippen LogP contribution in [-0.4, -0.2) is 24.2 Å². The number of hydrogen-bond donors (Lipinski definition) is 0. The molecule has 1 heterocycles. The Morgan fingerprint density at radius 3 is 2.35 bits per heavy atom. The van der Waals surface area contributed by atoms with Crippen LogP contribution < -0.4 is 0 Å². The normalized spacial score (nSPS) is 24.2. The van der Waals surface area contributed by atoms with Crippen LogP contribution in [0.1, 0.15) is 17.0 Å². The minimum Gasteiger partial charge on any atom is -0.273 e. The molecule has 0 radical (unpaired) electrons. The Kier molecular flexibility index (Phi) is 3.84. The third-order valence-electron chi connectivity index (χ3n) is 5.21. The number of nitro benzene ring substituents is 1. The predicted octanol–water partition coefficient (Wildman–Crippen LogP) is 3.45. The first kappa shape index (κ1) is 16.8. The number of rotatable bonds is 4. The fourth-order valence-corrected chi connectivity index (χ4v) is 5.02. The topological polar surface area (TPSA) is 80.5 Å². The number of allylic oxidation sites excluding steroid dienone is 1. The predicted molar refractivity (Wildman–Crippen MR) is 97.0 cm³/mol. The zero-order valence-corrected chi connectivity index (χ0v) is 15.0. The van der Waals surface area contributed by atoms with Gasteiger partial charge in [0.15, 0.2) is 0 Å². The molecule has 3 atom stereocenters. The summed E-state index contributed by atoms with van der Waals surface area (Å²) >= 11 is 0. The average molecular weight is 370 g/mol. The molecule has 1 fully saturated rings. The molecule has 134 valence electrons. The van der Waals surface area contributed by atoms with E-state index in [1.54, 1.807) is 42.6 Å². The van der Waals surface area contributed by atoms with Crippen molar-refractivity contribution in [3.05, 3.63) is 82.0 Å². The van der Waals surface area contributed by atoms with Gasteiger partial charge in [-0.05, 0) is 42.4 Å². The van der Waals surface area contributed by atoms with Crippen molar-refractivity contribution in [1.29, 1.82) is 0 Å². The van der Waals surface area contributed by atoms with E-state index < -0.39 is 14.9 Å². The van der Waals surface area contributed by atoms with Crippen molar-refractivity contribution in [3.8, 4) is 0 Å². The Balaban J connectivity index is 1.52. The smallest absolute Gasteiger partial charge is 0.269 e. The zero-order chi connectivity index (χ0) is 18.5. The number of hydrogen-bond acceptors (Lipinski definition) is 4. The van der Waals surface area contributed by atoms with Crippen LogP contribution in [0.2, 0.25) is 0 Å². The van der Waals surface area contributed by atoms with Gasteiger partial charge in [-0.25, -0.2) is 8.42 Å². The Morgan fingerprint density at radius 2 is 1.73 bits per heavy atom. The van der Waals surface area contributed by atoms with Gasteiger partial charge in [0, 0.05) is 24.9 Å². The van der Waals surface area contributed by atoms with Crippen LogP contribution in [0.15, 0.2) is 65.7 Å². The van der Waals surface area contributed by atoms with Crippen LogP contribution in [0.25, 0.3) is 0 Å². The second-order valence-electron chi connectivity index (χ2n) is 6.84. The van der Waals surface area contributed by atoms with E-state index in [2.05, 4.69) is 0 Å². The molecule has 1 aliphatic heterocycles. The molecule has 2 aromatic rings. The quantitative estimate of drug-likeness (QED) is 0.610. The van der Waals surface area contributed by atoms with Crippen molar-refractivity contribution in [2.24, 2.45) is 11.8 Å². The summed E-state index contributed by atoms with van der Waals surface area (Å²) in [6, 6.07) is 13.4. The van der Waals surface area contributed by atoms with Crippen LogP contribution in [0, 0.1) is 28.9 Å². The van der Waals surface area contributed by atoms with Gasteiger partial charge in [-0.3, -0.25) is 14.4 Å². The highest BCUT2D eigenvalue weighted by Crippen LogP contribution is 2.57. The second kappa shape index (κ2) is 5.95. The van der Waals surface area contributed by atoms with Gasteiger partial charge in [0.05, 0.1) is 9.82 Å². The van der Waals surface area contributed by atoms with Crippen LogP contribution in [-0.2, 0) is 10.0 Å². The highest BCUT2D eigenvalue weighted by atomic mass is 32.2. The van der Waals surface area contributed by atoms with E-state index in [-0.39, 0.29) is 17.5 Å². The van der Waals surface area contributed by atoms with Gasteiger partial charge >= 0.3 is 0 Å². The second-order valence-corrected chi connectivity index (χ2v) is 8.74. The summed E-state index contributed by atoms with van der Waals surface area (Å²) in [6.07, 6.45) is 3.59. The van der Waals surface area contributed by atoms with Crippen LogP contribution >= 0.6 is 0 Å². The summed E-state index contributed by atoms with van der Waals surface area (Å²) < 4.78 is 27.1. The monoisotopic (exact) mass is 370 g/mol. The van der Waals surface area contributed by atoms with E-state index in [0.29, 0.717) is 17.4 Å². The van der Waals surface area contributed by atoms with Gasteiger partial charge in [-0.15, -0.1) is 0 Å². The van der Waals surface area contributed by atoms with Gasteiger partial charge in [-0.1, -0.05) is 35.9 Å². The van der Waals surface area contributed by atoms with Crippen molar-refractivity contribution >= 4 is 15.7 Å². The minimum absolute atomic E-state index is 0.0662. The third kappa shape index (κ3) is 2.78. The third-order valence-corrected chi connectivity index (χ3v) is 6.97. The number of nitro groups is 1. The van der Waals surface area contributed by atoms with E-state index in [9.17, 15) is 18.5 Å². The Morgan fingerprint density at radius 1 is 1.08 bits per heavy atom. The molecular weight excluding hydrogens is 352 g/mol. The van der Waals surface area contributed by atoms with Gasteiger partial charge in [0.25, 0.3) is 15.7 Å². The van der Waals surface area contributed by atoms with Gasteiger partial charge in [0.2, 0.25) is 0 Å². The minimum atomic E-state index is -3.55. The molecule has 0 bridgehead atoms. The van der Waals surface area contributed by atoms with E-state index in [1.165, 1.54) is 16.4 Å². The largest absolute Gasteiger partial charge is 0.273 e. The summed E-state index contributed by atoms with van der Waals surface area (Å²) in [7, 11) is -3.55. The molecule has 1 saturated carbocycles. The molecule has 0 aromatic heterocycles. The molecule has 0 saturated heterocycles. The maximum absolute atomic E-state index is 12.8. The van der Waals surface area contributed by atoms with Gasteiger partial charge in [0.1, 0.15) is 0 Å². The first-order chi connectivity index (χ1) is 12.4. The number of aryl methyl sites for hydroxylation is 1. The molecule has 4 rings (SSSR count).